The standard InChI is InChI=1S/C15H16BrNO2/c1-10(18)6-7-17-15(19)13-3-2-12-9-14(16)5-4-11(12)8-13/h2-5,8-10,18H,6-7H2,1H3,(H,17,19). The summed E-state index contributed by atoms with van der Waals surface area (Å²) in [5.41, 5.74) is 0.639. The van der Waals surface area contributed by atoms with Gasteiger partial charge in [0, 0.05) is 16.6 Å². The minimum absolute atomic E-state index is 0.106. The summed E-state index contributed by atoms with van der Waals surface area (Å²) in [5.74, 6) is -0.106. The van der Waals surface area contributed by atoms with E-state index in [4.69, 9.17) is 5.11 Å². The van der Waals surface area contributed by atoms with Crippen LogP contribution in [0, 0.1) is 0 Å². The van der Waals surface area contributed by atoms with Crippen LogP contribution in [0.15, 0.2) is 40.9 Å². The van der Waals surface area contributed by atoms with Crippen LogP contribution in [-0.2, 0) is 0 Å². The molecule has 2 rings (SSSR count). The molecule has 0 spiro atoms. The molecule has 0 bridgehead atoms. The predicted octanol–water partition coefficient (Wildman–Crippen LogP) is 3.10. The van der Waals surface area contributed by atoms with Crippen molar-refractivity contribution >= 4 is 32.6 Å². The molecule has 100 valence electrons. The summed E-state index contributed by atoms with van der Waals surface area (Å²) in [4.78, 5) is 11.9. The molecule has 4 heteroatoms. The molecule has 19 heavy (non-hydrogen) atoms. The van der Waals surface area contributed by atoms with E-state index in [1.165, 1.54) is 0 Å². The number of amides is 1. The second-order valence-corrected chi connectivity index (χ2v) is 5.52. The lowest BCUT2D eigenvalue weighted by Crippen LogP contribution is -2.26. The summed E-state index contributed by atoms with van der Waals surface area (Å²) in [7, 11) is 0. The third-order valence-corrected chi connectivity index (χ3v) is 3.41. The number of fused-ring (bicyclic) bond motifs is 1. The van der Waals surface area contributed by atoms with Crippen LogP contribution in [0.2, 0.25) is 0 Å². The lowest BCUT2D eigenvalue weighted by atomic mass is 10.1. The molecule has 0 fully saturated rings. The van der Waals surface area contributed by atoms with Gasteiger partial charge in [-0.2, -0.15) is 0 Å². The first-order chi connectivity index (χ1) is 9.06. The van der Waals surface area contributed by atoms with Gasteiger partial charge in [0.05, 0.1) is 6.10 Å². The van der Waals surface area contributed by atoms with Crippen LogP contribution in [0.3, 0.4) is 0 Å². The Kier molecular flexibility index (Phi) is 4.56. The zero-order chi connectivity index (χ0) is 13.8. The van der Waals surface area contributed by atoms with E-state index in [1.807, 2.05) is 36.4 Å². The number of halogens is 1. The zero-order valence-electron chi connectivity index (χ0n) is 10.7. The highest BCUT2D eigenvalue weighted by atomic mass is 79.9. The van der Waals surface area contributed by atoms with E-state index in [0.717, 1.165) is 15.2 Å². The van der Waals surface area contributed by atoms with Crippen LogP contribution in [0.1, 0.15) is 23.7 Å². The number of carbonyl (C=O) groups excluding carboxylic acids is 1. The van der Waals surface area contributed by atoms with Crippen molar-refractivity contribution in [3.8, 4) is 0 Å². The van der Waals surface area contributed by atoms with E-state index < -0.39 is 6.10 Å². The Labute approximate surface area is 120 Å². The molecule has 0 radical (unpaired) electrons. The van der Waals surface area contributed by atoms with Gasteiger partial charge in [0.1, 0.15) is 0 Å². The minimum atomic E-state index is -0.394. The van der Waals surface area contributed by atoms with Crippen LogP contribution >= 0.6 is 15.9 Å². The SMILES string of the molecule is CC(O)CCNC(=O)c1ccc2cc(Br)ccc2c1. The second kappa shape index (κ2) is 6.17. The fraction of sp³-hybridized carbons (Fsp3) is 0.267. The fourth-order valence-electron chi connectivity index (χ4n) is 1.85. The van der Waals surface area contributed by atoms with Gasteiger partial charge in [-0.25, -0.2) is 0 Å². The molecular formula is C15H16BrNO2. The highest BCUT2D eigenvalue weighted by Crippen LogP contribution is 2.20. The Hall–Kier alpha value is -1.39. The van der Waals surface area contributed by atoms with Gasteiger partial charge in [0.25, 0.3) is 5.91 Å². The second-order valence-electron chi connectivity index (χ2n) is 4.60. The van der Waals surface area contributed by atoms with Gasteiger partial charge in [-0.3, -0.25) is 4.79 Å². The van der Waals surface area contributed by atoms with Gasteiger partial charge in [-0.1, -0.05) is 28.1 Å². The van der Waals surface area contributed by atoms with Crippen molar-refractivity contribution in [2.75, 3.05) is 6.54 Å². The van der Waals surface area contributed by atoms with Crippen LogP contribution in [-0.4, -0.2) is 23.7 Å². The number of aliphatic hydroxyl groups excluding tert-OH is 1. The Morgan fingerprint density at radius 3 is 2.68 bits per heavy atom. The van der Waals surface area contributed by atoms with Crippen molar-refractivity contribution in [1.82, 2.24) is 5.32 Å². The van der Waals surface area contributed by atoms with E-state index in [1.54, 1.807) is 6.92 Å². The smallest absolute Gasteiger partial charge is 0.251 e. The highest BCUT2D eigenvalue weighted by molar-refractivity contribution is 9.10. The van der Waals surface area contributed by atoms with Crippen molar-refractivity contribution in [2.45, 2.75) is 19.4 Å². The highest BCUT2D eigenvalue weighted by Gasteiger charge is 2.06. The van der Waals surface area contributed by atoms with Crippen molar-refractivity contribution in [2.24, 2.45) is 0 Å². The maximum Gasteiger partial charge on any atom is 0.251 e. The fourth-order valence-corrected chi connectivity index (χ4v) is 2.23. The summed E-state index contributed by atoms with van der Waals surface area (Å²) in [5, 5.41) is 14.1. The van der Waals surface area contributed by atoms with E-state index in [9.17, 15) is 4.79 Å². The lowest BCUT2D eigenvalue weighted by Gasteiger charge is -2.07. The third kappa shape index (κ3) is 3.78. The Balaban J connectivity index is 2.12. The third-order valence-electron chi connectivity index (χ3n) is 2.91. The molecule has 0 aliphatic carbocycles. The molecule has 2 aromatic carbocycles. The topological polar surface area (TPSA) is 49.3 Å². The molecule has 1 amide bonds. The van der Waals surface area contributed by atoms with Gasteiger partial charge in [-0.15, -0.1) is 0 Å². The normalized spacial score (nSPS) is 12.4. The first-order valence-electron chi connectivity index (χ1n) is 6.22. The van der Waals surface area contributed by atoms with Crippen molar-refractivity contribution < 1.29 is 9.90 Å². The molecule has 0 aromatic heterocycles. The number of hydrogen-bond donors (Lipinski definition) is 2. The Morgan fingerprint density at radius 2 is 1.95 bits per heavy atom. The van der Waals surface area contributed by atoms with Crippen molar-refractivity contribution in [3.63, 3.8) is 0 Å². The Morgan fingerprint density at radius 1 is 1.26 bits per heavy atom. The molecule has 3 nitrogen and oxygen atoms in total. The number of aliphatic hydroxyl groups is 1. The molecule has 2 aromatic rings. The van der Waals surface area contributed by atoms with Crippen LogP contribution < -0.4 is 5.32 Å². The van der Waals surface area contributed by atoms with E-state index in [2.05, 4.69) is 21.2 Å². The minimum Gasteiger partial charge on any atom is -0.393 e. The van der Waals surface area contributed by atoms with E-state index in [-0.39, 0.29) is 5.91 Å². The lowest BCUT2D eigenvalue weighted by molar-refractivity contribution is 0.0945. The Bertz CT molecular complexity index is 596. The summed E-state index contributed by atoms with van der Waals surface area (Å²) >= 11 is 3.42. The van der Waals surface area contributed by atoms with Gasteiger partial charge in [0.2, 0.25) is 0 Å². The van der Waals surface area contributed by atoms with Crippen molar-refractivity contribution in [1.29, 1.82) is 0 Å². The number of nitrogens with one attached hydrogen (secondary N) is 1. The molecule has 0 saturated carbocycles. The summed E-state index contributed by atoms with van der Waals surface area (Å²) in [6.07, 6.45) is 0.168. The number of carbonyl (C=O) groups is 1. The molecule has 1 unspecified atom stereocenters. The van der Waals surface area contributed by atoms with Gasteiger partial charge in [-0.05, 0) is 48.4 Å². The van der Waals surface area contributed by atoms with Gasteiger partial charge >= 0.3 is 0 Å². The average Bonchev–Trinajstić information content (AvgIpc) is 2.37. The maximum absolute atomic E-state index is 11.9. The molecule has 0 heterocycles. The van der Waals surface area contributed by atoms with Gasteiger partial charge in [0.15, 0.2) is 0 Å². The average molecular weight is 322 g/mol. The number of hydrogen-bond acceptors (Lipinski definition) is 2. The molecule has 1 atom stereocenters. The van der Waals surface area contributed by atoms with Crippen LogP contribution in [0.5, 0.6) is 0 Å². The molecule has 0 aliphatic rings. The quantitative estimate of drug-likeness (QED) is 0.909. The molecule has 0 saturated heterocycles. The maximum atomic E-state index is 11.9. The summed E-state index contributed by atoms with van der Waals surface area (Å²) in [6, 6.07) is 11.6. The summed E-state index contributed by atoms with van der Waals surface area (Å²) in [6.45, 7) is 2.19. The first-order valence-corrected chi connectivity index (χ1v) is 7.01. The van der Waals surface area contributed by atoms with Gasteiger partial charge < -0.3 is 10.4 Å². The zero-order valence-corrected chi connectivity index (χ0v) is 12.3. The van der Waals surface area contributed by atoms with E-state index in [0.29, 0.717) is 18.5 Å². The van der Waals surface area contributed by atoms with Crippen LogP contribution in [0.25, 0.3) is 10.8 Å². The van der Waals surface area contributed by atoms with Crippen LogP contribution in [0.4, 0.5) is 0 Å². The monoisotopic (exact) mass is 321 g/mol. The largest absolute Gasteiger partial charge is 0.393 e. The molecular weight excluding hydrogens is 306 g/mol. The first kappa shape index (κ1) is 14.0. The van der Waals surface area contributed by atoms with E-state index >= 15 is 0 Å². The molecule has 2 N–H and O–H groups in total. The predicted molar refractivity (Wildman–Crippen MR) is 80.3 cm³/mol. The number of benzene rings is 2. The number of rotatable bonds is 4. The van der Waals surface area contributed by atoms with Crippen molar-refractivity contribution in [3.05, 3.63) is 46.4 Å². The molecule has 0 aliphatic heterocycles. The summed E-state index contributed by atoms with van der Waals surface area (Å²) < 4.78 is 1.02.